The highest BCUT2D eigenvalue weighted by Crippen LogP contribution is 2.17. The van der Waals surface area contributed by atoms with E-state index in [0.717, 1.165) is 0 Å². The van der Waals surface area contributed by atoms with E-state index in [1.54, 1.807) is 19.9 Å². The Bertz CT molecular complexity index is 545. The molecule has 1 aromatic carbocycles. The Morgan fingerprint density at radius 3 is 2.75 bits per heavy atom. The average Bonchev–Trinajstić information content (AvgIpc) is 2.37. The molecule has 3 N–H and O–H groups in total. The van der Waals surface area contributed by atoms with E-state index < -0.39 is 11.4 Å². The highest BCUT2D eigenvalue weighted by molar-refractivity contribution is 5.91. The monoisotopic (exact) mass is 278 g/mol. The smallest absolute Gasteiger partial charge is 0.227 e. The molecule has 0 spiro atoms. The Morgan fingerprint density at radius 1 is 1.50 bits per heavy atom. The van der Waals surface area contributed by atoms with Crippen LogP contribution in [0.5, 0.6) is 0 Å². The molecule has 4 nitrogen and oxygen atoms in total. The van der Waals surface area contributed by atoms with Gasteiger partial charge >= 0.3 is 0 Å². The first-order valence-corrected chi connectivity index (χ1v) is 6.21. The molecule has 5 heteroatoms. The van der Waals surface area contributed by atoms with Crippen LogP contribution in [-0.2, 0) is 9.53 Å². The average molecular weight is 278 g/mol. The number of carbonyl (C=O) groups excluding carboxylic acids is 1. The highest BCUT2D eigenvalue weighted by atomic mass is 19.1. The summed E-state index contributed by atoms with van der Waals surface area (Å²) < 4.78 is 18.9. The predicted molar refractivity (Wildman–Crippen MR) is 76.7 cm³/mol. The van der Waals surface area contributed by atoms with E-state index in [4.69, 9.17) is 10.5 Å². The Hall–Kier alpha value is -1.90. The van der Waals surface area contributed by atoms with Gasteiger partial charge in [-0.1, -0.05) is 11.8 Å². The van der Waals surface area contributed by atoms with Gasteiger partial charge in [-0.05, 0) is 32.0 Å². The molecule has 108 valence electrons. The topological polar surface area (TPSA) is 64.3 Å². The van der Waals surface area contributed by atoms with Gasteiger partial charge in [-0.2, -0.15) is 0 Å². The second-order valence-corrected chi connectivity index (χ2v) is 4.89. The lowest BCUT2D eigenvalue weighted by Crippen LogP contribution is -2.29. The van der Waals surface area contributed by atoms with Crippen molar-refractivity contribution in [2.45, 2.75) is 25.9 Å². The number of carbonyl (C=O) groups is 1. The molecular weight excluding hydrogens is 259 g/mol. The maximum Gasteiger partial charge on any atom is 0.227 e. The number of hydrogen-bond acceptors (Lipinski definition) is 3. The summed E-state index contributed by atoms with van der Waals surface area (Å²) in [5, 5.41) is 2.62. The minimum atomic E-state index is -0.560. The maximum atomic E-state index is 13.7. The second kappa shape index (κ2) is 7.04. The number of nitrogens with two attached hydrogens (primary N) is 1. The molecule has 1 rings (SSSR count). The molecule has 0 unspecified atom stereocenters. The maximum absolute atomic E-state index is 13.7. The molecule has 0 aromatic heterocycles. The zero-order chi connectivity index (χ0) is 15.2. The molecule has 1 aromatic rings. The van der Waals surface area contributed by atoms with Gasteiger partial charge in [-0.25, -0.2) is 4.39 Å². The Balaban J connectivity index is 2.75. The van der Waals surface area contributed by atoms with Crippen LogP contribution in [0.3, 0.4) is 0 Å². The van der Waals surface area contributed by atoms with Gasteiger partial charge in [0.15, 0.2) is 0 Å². The van der Waals surface area contributed by atoms with Crippen LogP contribution in [0.15, 0.2) is 18.2 Å². The molecule has 0 bridgehead atoms. The number of halogens is 1. The van der Waals surface area contributed by atoms with Crippen LogP contribution in [0.25, 0.3) is 0 Å². The minimum Gasteiger partial charge on any atom is -0.378 e. The van der Waals surface area contributed by atoms with Crippen molar-refractivity contribution in [2.24, 2.45) is 5.73 Å². The van der Waals surface area contributed by atoms with Crippen molar-refractivity contribution < 1.29 is 13.9 Å². The van der Waals surface area contributed by atoms with Crippen molar-refractivity contribution in [2.75, 3.05) is 19.0 Å². The number of anilines is 1. The molecule has 1 amide bonds. The van der Waals surface area contributed by atoms with E-state index in [9.17, 15) is 9.18 Å². The van der Waals surface area contributed by atoms with Gasteiger partial charge in [-0.15, -0.1) is 0 Å². The Morgan fingerprint density at radius 2 is 2.20 bits per heavy atom. The van der Waals surface area contributed by atoms with Gasteiger partial charge in [0.05, 0.1) is 24.1 Å². The molecular formula is C15H19FN2O2. The quantitative estimate of drug-likeness (QED) is 0.827. The lowest BCUT2D eigenvalue weighted by molar-refractivity contribution is -0.121. The molecule has 0 aliphatic carbocycles. The molecule has 0 saturated heterocycles. The first-order valence-electron chi connectivity index (χ1n) is 6.21. The summed E-state index contributed by atoms with van der Waals surface area (Å²) in [5.41, 5.74) is 5.31. The van der Waals surface area contributed by atoms with Crippen LogP contribution in [0.4, 0.5) is 10.1 Å². The molecule has 0 aliphatic heterocycles. The predicted octanol–water partition coefficient (Wildman–Crippen LogP) is 1.89. The van der Waals surface area contributed by atoms with Crippen molar-refractivity contribution in [1.29, 1.82) is 0 Å². The van der Waals surface area contributed by atoms with E-state index in [2.05, 4.69) is 17.2 Å². The zero-order valence-corrected chi connectivity index (χ0v) is 11.9. The van der Waals surface area contributed by atoms with E-state index >= 15 is 0 Å². The third kappa shape index (κ3) is 5.00. The molecule has 0 aliphatic rings. The number of nitrogens with one attached hydrogen (secondary N) is 1. The van der Waals surface area contributed by atoms with Crippen LogP contribution in [0, 0.1) is 17.7 Å². The van der Waals surface area contributed by atoms with E-state index in [1.807, 2.05) is 0 Å². The van der Waals surface area contributed by atoms with E-state index in [1.165, 1.54) is 19.2 Å². The summed E-state index contributed by atoms with van der Waals surface area (Å²) >= 11 is 0. The van der Waals surface area contributed by atoms with Crippen molar-refractivity contribution in [3.05, 3.63) is 29.6 Å². The summed E-state index contributed by atoms with van der Waals surface area (Å²) in [6, 6.07) is 4.34. The van der Waals surface area contributed by atoms with E-state index in [0.29, 0.717) is 5.69 Å². The molecule has 0 heterocycles. The summed E-state index contributed by atoms with van der Waals surface area (Å²) in [6.45, 7) is 3.78. The molecule has 20 heavy (non-hydrogen) atoms. The first kappa shape index (κ1) is 16.2. The van der Waals surface area contributed by atoms with Crippen molar-refractivity contribution in [3.63, 3.8) is 0 Å². The fourth-order valence-corrected chi connectivity index (χ4v) is 1.50. The van der Waals surface area contributed by atoms with E-state index in [-0.39, 0.29) is 24.4 Å². The van der Waals surface area contributed by atoms with Crippen LogP contribution < -0.4 is 11.1 Å². The van der Waals surface area contributed by atoms with Crippen molar-refractivity contribution >= 4 is 11.6 Å². The van der Waals surface area contributed by atoms with Crippen LogP contribution in [0.1, 0.15) is 25.8 Å². The number of amides is 1. The fraction of sp³-hybridized carbons (Fsp3) is 0.400. The van der Waals surface area contributed by atoms with Crippen LogP contribution >= 0.6 is 0 Å². The van der Waals surface area contributed by atoms with Gasteiger partial charge in [0.2, 0.25) is 5.91 Å². The van der Waals surface area contributed by atoms with Crippen LogP contribution in [0.2, 0.25) is 0 Å². The lowest BCUT2D eigenvalue weighted by atomic mass is 10.0. The minimum absolute atomic E-state index is 0.171. The molecule has 0 fully saturated rings. The number of hydrogen-bond donors (Lipinski definition) is 2. The summed E-state index contributed by atoms with van der Waals surface area (Å²) in [7, 11) is 1.54. The third-order valence-corrected chi connectivity index (χ3v) is 2.72. The first-order chi connectivity index (χ1) is 9.38. The summed E-state index contributed by atoms with van der Waals surface area (Å²) in [5.74, 6) is 4.47. The van der Waals surface area contributed by atoms with Crippen LogP contribution in [-0.4, -0.2) is 25.2 Å². The molecule has 0 radical (unpaired) electrons. The fourth-order valence-electron chi connectivity index (χ4n) is 1.50. The third-order valence-electron chi connectivity index (χ3n) is 2.72. The number of rotatable bonds is 4. The van der Waals surface area contributed by atoms with Crippen molar-refractivity contribution in [1.82, 2.24) is 0 Å². The number of ether oxygens (including phenoxy) is 1. The highest BCUT2D eigenvalue weighted by Gasteiger charge is 2.21. The standard InChI is InChI=1S/C15H19FN2O2/c1-15(2,20-3)10-14(19)18-12-7-6-11(5-4-8-17)13(16)9-12/h6-7,9H,8,10,17H2,1-3H3,(H,18,19). The Kier molecular flexibility index (Phi) is 5.68. The lowest BCUT2D eigenvalue weighted by Gasteiger charge is -2.21. The largest absolute Gasteiger partial charge is 0.378 e. The van der Waals surface area contributed by atoms with Gasteiger partial charge in [0.1, 0.15) is 5.82 Å². The SMILES string of the molecule is COC(C)(C)CC(=O)Nc1ccc(C#CCN)c(F)c1. The second-order valence-electron chi connectivity index (χ2n) is 4.89. The number of methoxy groups -OCH3 is 1. The van der Waals surface area contributed by atoms with Gasteiger partial charge in [0, 0.05) is 12.8 Å². The molecule has 0 atom stereocenters. The number of benzene rings is 1. The van der Waals surface area contributed by atoms with Gasteiger partial charge < -0.3 is 15.8 Å². The normalized spacial score (nSPS) is 10.7. The summed E-state index contributed by atoms with van der Waals surface area (Å²) in [6.07, 6.45) is 0.180. The Labute approximate surface area is 118 Å². The van der Waals surface area contributed by atoms with Gasteiger partial charge in [0.25, 0.3) is 0 Å². The van der Waals surface area contributed by atoms with Crippen molar-refractivity contribution in [3.8, 4) is 11.8 Å². The summed E-state index contributed by atoms with van der Waals surface area (Å²) in [4.78, 5) is 11.8. The van der Waals surface area contributed by atoms with Gasteiger partial charge in [-0.3, -0.25) is 4.79 Å². The molecule has 0 saturated carbocycles. The zero-order valence-electron chi connectivity index (χ0n) is 11.9.